The molecule has 0 fully saturated rings. The number of hydrogen-bond donors (Lipinski definition) is 0. The van der Waals surface area contributed by atoms with Crippen LogP contribution in [0.5, 0.6) is 0 Å². The summed E-state index contributed by atoms with van der Waals surface area (Å²) in [6, 6.07) is 12.7. The summed E-state index contributed by atoms with van der Waals surface area (Å²) in [5.41, 5.74) is 1.77. The number of aryl methyl sites for hydroxylation is 1. The van der Waals surface area contributed by atoms with E-state index in [1.54, 1.807) is 12.1 Å². The van der Waals surface area contributed by atoms with E-state index in [0.29, 0.717) is 5.69 Å². The molecule has 2 aromatic carbocycles. The number of diazo groups is 1. The average Bonchev–Trinajstić information content (AvgIpc) is 2.66. The van der Waals surface area contributed by atoms with Crippen LogP contribution in [0.2, 0.25) is 0 Å². The summed E-state index contributed by atoms with van der Waals surface area (Å²) in [7, 11) is -7.95. The van der Waals surface area contributed by atoms with Gasteiger partial charge in [-0.05, 0) is 19.1 Å². The maximum Gasteiger partial charge on any atom is 0.385 e. The van der Waals surface area contributed by atoms with Crippen molar-refractivity contribution in [1.29, 1.82) is 5.39 Å². The Hall–Kier alpha value is -2.28. The van der Waals surface area contributed by atoms with Gasteiger partial charge in [0.15, 0.2) is 4.98 Å². The number of fused-ring (bicyclic) bond motifs is 1. The summed E-state index contributed by atoms with van der Waals surface area (Å²) >= 11 is 0. The Morgan fingerprint density at radius 1 is 0.864 bits per heavy atom. The summed E-state index contributed by atoms with van der Waals surface area (Å²) in [5, 5.41) is 8.25. The van der Waals surface area contributed by atoms with Gasteiger partial charge in [-0.3, -0.25) is 0 Å². The molecule has 2 aromatic rings. The Morgan fingerprint density at radius 3 is 1.73 bits per heavy atom. The molecule has 0 unspecified atom stereocenters. The van der Waals surface area contributed by atoms with Crippen LogP contribution in [-0.4, -0.2) is 16.8 Å². The third kappa shape index (κ3) is 3.30. The molecule has 0 atom stereocenters. The minimum absolute atomic E-state index is 0.241. The number of rotatable bonds is 0. The quantitative estimate of drug-likeness (QED) is 0.686. The molecule has 0 saturated heterocycles. The zero-order chi connectivity index (χ0) is 16.4. The van der Waals surface area contributed by atoms with E-state index in [1.165, 1.54) is 29.8 Å². The molecule has 0 N–H and O–H groups in total. The second-order valence-electron chi connectivity index (χ2n) is 4.41. The lowest BCUT2D eigenvalue weighted by atomic mass is 10.2. The van der Waals surface area contributed by atoms with Crippen molar-refractivity contribution in [3.63, 3.8) is 0 Å². The van der Waals surface area contributed by atoms with Gasteiger partial charge in [0.2, 0.25) is 5.39 Å². The Bertz CT molecular complexity index is 893. The van der Waals surface area contributed by atoms with Crippen molar-refractivity contribution in [1.82, 2.24) is 0 Å². The van der Waals surface area contributed by atoms with Crippen molar-refractivity contribution in [2.75, 3.05) is 0 Å². The summed E-state index contributed by atoms with van der Waals surface area (Å²) < 4.78 is 47.3. The predicted molar refractivity (Wildman–Crippen MR) is 80.1 cm³/mol. The summed E-state index contributed by atoms with van der Waals surface area (Å²) in [4.78, 5) is 2.53. The lowest BCUT2D eigenvalue weighted by Gasteiger charge is -2.05. The maximum absolute atomic E-state index is 11.1. The Kier molecular flexibility index (Phi) is 4.27. The Balaban J connectivity index is 0.000000172. The first kappa shape index (κ1) is 16.1. The van der Waals surface area contributed by atoms with E-state index in [0.717, 1.165) is 0 Å². The lowest BCUT2D eigenvalue weighted by Crippen LogP contribution is -1.92. The van der Waals surface area contributed by atoms with Crippen LogP contribution in [0.25, 0.3) is 9.10 Å². The highest BCUT2D eigenvalue weighted by molar-refractivity contribution is 8.14. The summed E-state index contributed by atoms with van der Waals surface area (Å²) in [6.07, 6.45) is 0. The van der Waals surface area contributed by atoms with Crippen LogP contribution in [0.1, 0.15) is 5.56 Å². The average molecular weight is 337 g/mol. The normalized spacial score (nSPS) is 16.7. The molecule has 1 aliphatic rings. The molecule has 7 nitrogen and oxygen atoms in total. The van der Waals surface area contributed by atoms with Gasteiger partial charge in [0.05, 0.1) is 9.79 Å². The highest BCUT2D eigenvalue weighted by Crippen LogP contribution is 2.37. The second-order valence-corrected chi connectivity index (χ2v) is 7.78. The molecule has 3 rings (SSSR count). The molecular weight excluding hydrogens is 326 g/mol. The first-order valence-electron chi connectivity index (χ1n) is 6.01. The van der Waals surface area contributed by atoms with Crippen molar-refractivity contribution >= 4 is 25.7 Å². The van der Waals surface area contributed by atoms with E-state index < -0.39 is 20.0 Å². The predicted octanol–water partition coefficient (Wildman–Crippen LogP) is 2.93. The third-order valence-electron chi connectivity index (χ3n) is 2.75. The van der Waals surface area contributed by atoms with E-state index in [-0.39, 0.29) is 9.79 Å². The molecule has 22 heavy (non-hydrogen) atoms. The second kappa shape index (κ2) is 5.84. The smallest absolute Gasteiger partial charge is 0.385 e. The van der Waals surface area contributed by atoms with Crippen molar-refractivity contribution < 1.29 is 16.8 Å². The molecule has 0 radical (unpaired) electrons. The van der Waals surface area contributed by atoms with Crippen molar-refractivity contribution in [2.45, 2.75) is 16.7 Å². The number of sulfonamides is 2. The van der Waals surface area contributed by atoms with Gasteiger partial charge < -0.3 is 4.13 Å². The van der Waals surface area contributed by atoms with Gasteiger partial charge in [-0.1, -0.05) is 29.8 Å². The van der Waals surface area contributed by atoms with Crippen LogP contribution >= 0.6 is 0 Å². The summed E-state index contributed by atoms with van der Waals surface area (Å²) in [6.45, 7) is 1.99. The Labute approximate surface area is 128 Å². The summed E-state index contributed by atoms with van der Waals surface area (Å²) in [5.74, 6) is 0. The highest BCUT2D eigenvalue weighted by atomic mass is 32.3. The van der Waals surface area contributed by atoms with Crippen LogP contribution in [-0.2, 0) is 20.0 Å². The molecule has 0 bridgehead atoms. The van der Waals surface area contributed by atoms with Crippen LogP contribution in [0.15, 0.2) is 58.3 Å². The molecule has 1 heterocycles. The fourth-order valence-corrected chi connectivity index (χ4v) is 5.15. The lowest BCUT2D eigenvalue weighted by molar-refractivity contribution is 0.603. The van der Waals surface area contributed by atoms with E-state index in [4.69, 9.17) is 5.39 Å². The Morgan fingerprint density at radius 2 is 1.32 bits per heavy atom. The largest absolute Gasteiger partial charge is 0.428 e. The third-order valence-corrected chi connectivity index (χ3v) is 6.27. The first-order valence-corrected chi connectivity index (χ1v) is 8.89. The van der Waals surface area contributed by atoms with Crippen molar-refractivity contribution in [3.05, 3.63) is 63.2 Å². The minimum Gasteiger partial charge on any atom is -0.428 e. The number of nitrogens with zero attached hydrogens (tertiary/aromatic N) is 3. The molecule has 0 spiro atoms. The van der Waals surface area contributed by atoms with Gasteiger partial charge >= 0.3 is 5.69 Å². The van der Waals surface area contributed by atoms with Gasteiger partial charge in [-0.15, -0.1) is 0 Å². The van der Waals surface area contributed by atoms with Crippen molar-refractivity contribution in [2.24, 2.45) is 0 Å². The zero-order valence-electron chi connectivity index (χ0n) is 11.4. The van der Waals surface area contributed by atoms with Crippen LogP contribution in [0.3, 0.4) is 0 Å². The van der Waals surface area contributed by atoms with Crippen LogP contribution < -0.4 is 0 Å². The van der Waals surface area contributed by atoms with Crippen molar-refractivity contribution in [3.8, 4) is 0 Å². The molecular formula is C13H11N3O4S2. The number of benzene rings is 2. The van der Waals surface area contributed by atoms with Gasteiger partial charge in [0, 0.05) is 12.1 Å². The van der Waals surface area contributed by atoms with Gasteiger partial charge in [0.1, 0.15) is 20.0 Å². The highest BCUT2D eigenvalue weighted by Gasteiger charge is 2.26. The van der Waals surface area contributed by atoms with Crippen LogP contribution in [0.4, 0.5) is 5.69 Å². The standard InChI is InChI=1S/C7H7N2.C6H4NO4S2/c1-6-2-4-7(9-8)5-3-6;8-12(9)5-3-1-2-4-6(5)13(10,11)7-12/h2-5H,1H3;1-4H/q+1;-1. The number of hydrogen-bond acceptors (Lipinski definition) is 5. The molecule has 0 aliphatic carbocycles. The molecule has 114 valence electrons. The monoisotopic (exact) mass is 337 g/mol. The fourth-order valence-electron chi connectivity index (χ4n) is 1.70. The van der Waals surface area contributed by atoms with Crippen LogP contribution in [0, 0.1) is 12.3 Å². The zero-order valence-corrected chi connectivity index (χ0v) is 13.0. The van der Waals surface area contributed by atoms with E-state index in [2.05, 4.69) is 9.10 Å². The molecule has 9 heteroatoms. The minimum atomic E-state index is -3.98. The SMILES string of the molecule is Cc1ccc([N+]#N)cc1.O=S1(=O)[N-]S(=O)(=O)c2ccccc21. The molecule has 0 saturated carbocycles. The molecule has 0 amide bonds. The van der Waals surface area contributed by atoms with E-state index in [9.17, 15) is 16.8 Å². The topological polar surface area (TPSA) is 111 Å². The van der Waals surface area contributed by atoms with Gasteiger partial charge in [-0.25, -0.2) is 16.8 Å². The van der Waals surface area contributed by atoms with E-state index in [1.807, 2.05) is 19.1 Å². The first-order chi connectivity index (χ1) is 10.3. The van der Waals surface area contributed by atoms with E-state index >= 15 is 0 Å². The fraction of sp³-hybridized carbons (Fsp3) is 0.0769. The van der Waals surface area contributed by atoms with Gasteiger partial charge in [-0.2, -0.15) is 0 Å². The molecule has 1 aliphatic heterocycles. The maximum atomic E-state index is 11.1. The molecule has 0 aromatic heterocycles. The van der Waals surface area contributed by atoms with Gasteiger partial charge in [0.25, 0.3) is 0 Å².